The second-order valence-corrected chi connectivity index (χ2v) is 16.8. The van der Waals surface area contributed by atoms with Crippen LogP contribution < -0.4 is 0 Å². The summed E-state index contributed by atoms with van der Waals surface area (Å²) in [5.41, 5.74) is 14.8. The molecular weight excluding hydrogens is 745 g/mol. The molecule has 0 atom stereocenters. The average Bonchev–Trinajstić information content (AvgIpc) is 3.35. The Balaban J connectivity index is 0.814. The molecule has 0 unspecified atom stereocenters. The van der Waals surface area contributed by atoms with Gasteiger partial charge >= 0.3 is 0 Å². The van der Waals surface area contributed by atoms with E-state index in [0.717, 1.165) is 0 Å². The summed E-state index contributed by atoms with van der Waals surface area (Å²) in [6, 6.07) is 85.5. The first-order valence-electron chi connectivity index (χ1n) is 21.6. The second-order valence-electron chi connectivity index (χ2n) is 16.8. The molecule has 286 valence electrons. The van der Waals surface area contributed by atoms with E-state index in [1.54, 1.807) is 0 Å². The van der Waals surface area contributed by atoms with E-state index in [4.69, 9.17) is 0 Å². The quantitative estimate of drug-likeness (QED) is 0.147. The minimum Gasteiger partial charge on any atom is -0.0622 e. The van der Waals surface area contributed by atoms with Crippen LogP contribution in [0, 0.1) is 0 Å². The Labute approximate surface area is 360 Å². The lowest BCUT2D eigenvalue weighted by atomic mass is 9.87. The van der Waals surface area contributed by atoms with Crippen molar-refractivity contribution in [1.29, 1.82) is 0 Å². The van der Waals surface area contributed by atoms with E-state index in [-0.39, 0.29) is 0 Å². The minimum absolute atomic E-state index is 1.21. The van der Waals surface area contributed by atoms with Gasteiger partial charge in [0.25, 0.3) is 0 Å². The summed E-state index contributed by atoms with van der Waals surface area (Å²) >= 11 is 0. The Kier molecular flexibility index (Phi) is 7.71. The van der Waals surface area contributed by atoms with Crippen LogP contribution in [0.4, 0.5) is 0 Å². The molecule has 0 fully saturated rings. The van der Waals surface area contributed by atoms with Gasteiger partial charge in [-0.25, -0.2) is 0 Å². The molecule has 0 N–H and O–H groups in total. The van der Waals surface area contributed by atoms with Crippen LogP contribution in [-0.4, -0.2) is 0 Å². The fraction of sp³-hybridized carbons (Fsp3) is 0. The molecule has 0 aliphatic rings. The first-order chi connectivity index (χ1) is 30.7. The Morgan fingerprint density at radius 1 is 0.161 bits per heavy atom. The first-order valence-corrected chi connectivity index (χ1v) is 21.6. The van der Waals surface area contributed by atoms with Gasteiger partial charge in [0.1, 0.15) is 0 Å². The fourth-order valence-electron chi connectivity index (χ4n) is 10.3. The number of hydrogen-bond acceptors (Lipinski definition) is 0. The topological polar surface area (TPSA) is 0 Å². The molecule has 0 aliphatic heterocycles. The molecule has 62 heavy (non-hydrogen) atoms. The van der Waals surface area contributed by atoms with Gasteiger partial charge in [-0.2, -0.15) is 0 Å². The number of hydrogen-bond donors (Lipinski definition) is 0. The molecular formula is C62H38. The zero-order valence-electron chi connectivity index (χ0n) is 33.9. The molecule has 0 nitrogen and oxygen atoms in total. The predicted molar refractivity (Wildman–Crippen MR) is 266 cm³/mol. The monoisotopic (exact) mass is 782 g/mol. The Morgan fingerprint density at radius 2 is 0.452 bits per heavy atom. The van der Waals surface area contributed by atoms with Crippen LogP contribution in [0.2, 0.25) is 0 Å². The largest absolute Gasteiger partial charge is 0.0622 e. The third-order valence-corrected chi connectivity index (χ3v) is 13.4. The van der Waals surface area contributed by atoms with E-state index < -0.39 is 0 Å². The third kappa shape index (κ3) is 5.47. The summed E-state index contributed by atoms with van der Waals surface area (Å²) in [4.78, 5) is 0. The van der Waals surface area contributed by atoms with Gasteiger partial charge in [-0.1, -0.05) is 224 Å². The van der Waals surface area contributed by atoms with Gasteiger partial charge in [0, 0.05) is 0 Å². The van der Waals surface area contributed by atoms with Crippen LogP contribution in [-0.2, 0) is 0 Å². The van der Waals surface area contributed by atoms with E-state index in [0.29, 0.717) is 0 Å². The highest BCUT2D eigenvalue weighted by molar-refractivity contribution is 6.28. The van der Waals surface area contributed by atoms with Crippen molar-refractivity contribution < 1.29 is 0 Å². The molecule has 0 aromatic heterocycles. The smallest absolute Gasteiger partial charge is 0.00203 e. The highest BCUT2D eigenvalue weighted by Crippen LogP contribution is 2.44. The maximum absolute atomic E-state index is 2.32. The van der Waals surface area contributed by atoms with Gasteiger partial charge < -0.3 is 0 Å². The van der Waals surface area contributed by atoms with Crippen LogP contribution >= 0.6 is 0 Å². The Bertz CT molecular complexity index is 3780. The van der Waals surface area contributed by atoms with Gasteiger partial charge in [-0.05, 0) is 137 Å². The number of rotatable bonds is 6. The summed E-state index contributed by atoms with van der Waals surface area (Å²) in [7, 11) is 0. The molecule has 0 amide bonds. The normalized spacial score (nSPS) is 11.9. The predicted octanol–water partition coefficient (Wildman–Crippen LogP) is 17.5. The van der Waals surface area contributed by atoms with Crippen molar-refractivity contribution in [3.8, 4) is 66.8 Å². The molecule has 0 heteroatoms. The minimum atomic E-state index is 1.21. The van der Waals surface area contributed by atoms with E-state index in [1.807, 2.05) is 0 Å². The van der Waals surface area contributed by atoms with Crippen molar-refractivity contribution in [1.82, 2.24) is 0 Å². The lowest BCUT2D eigenvalue weighted by Crippen LogP contribution is -1.90. The zero-order valence-corrected chi connectivity index (χ0v) is 33.9. The van der Waals surface area contributed by atoms with E-state index in [1.165, 1.54) is 131 Å². The molecule has 0 saturated carbocycles. The summed E-state index contributed by atoms with van der Waals surface area (Å²) in [5.74, 6) is 0. The van der Waals surface area contributed by atoms with Gasteiger partial charge in [0.15, 0.2) is 0 Å². The standard InChI is InChI=1S/C62H38/c1-2-6-39(7-3-1)40-12-18-43(19-13-40)54-33-27-49-31-37-58-55(34-28-50-30-36-57(54)61(49)62(50)58)45-22-16-42(17-23-45)52-11-5-10-51(38-52)41-14-20-44(21-15-41)53-32-26-48-25-24-46-8-4-9-47-29-35-56(53)60(48)59(46)47/h1-38H. The van der Waals surface area contributed by atoms with Crippen LogP contribution in [0.15, 0.2) is 231 Å². The molecule has 13 aromatic carbocycles. The lowest BCUT2D eigenvalue weighted by Gasteiger charge is -2.17. The summed E-state index contributed by atoms with van der Waals surface area (Å²) in [6.45, 7) is 0. The SMILES string of the molecule is c1ccc(-c2ccc(-c3ccc4ccc5c(-c6ccc(-c7cccc(-c8ccc(-c9ccc%10ccc%11cccc%12ccc9c%10c%11%12)cc8)c7)cc6)ccc6ccc3c4c65)cc2)cc1. The van der Waals surface area contributed by atoms with Crippen LogP contribution in [0.25, 0.3) is 131 Å². The molecule has 0 heterocycles. The second kappa shape index (κ2) is 13.7. The van der Waals surface area contributed by atoms with Crippen molar-refractivity contribution in [3.63, 3.8) is 0 Å². The van der Waals surface area contributed by atoms with Crippen LogP contribution in [0.1, 0.15) is 0 Å². The van der Waals surface area contributed by atoms with E-state index in [9.17, 15) is 0 Å². The van der Waals surface area contributed by atoms with Gasteiger partial charge in [-0.15, -0.1) is 0 Å². The van der Waals surface area contributed by atoms with Crippen LogP contribution in [0.3, 0.4) is 0 Å². The molecule has 0 saturated heterocycles. The van der Waals surface area contributed by atoms with Gasteiger partial charge in [0.05, 0.1) is 0 Å². The van der Waals surface area contributed by atoms with Gasteiger partial charge in [-0.3, -0.25) is 0 Å². The van der Waals surface area contributed by atoms with Crippen molar-refractivity contribution in [2.24, 2.45) is 0 Å². The third-order valence-electron chi connectivity index (χ3n) is 13.4. The maximum atomic E-state index is 2.32. The average molecular weight is 783 g/mol. The van der Waals surface area contributed by atoms with Crippen molar-refractivity contribution in [2.75, 3.05) is 0 Å². The first kappa shape index (κ1) is 34.8. The summed E-state index contributed by atoms with van der Waals surface area (Å²) < 4.78 is 0. The maximum Gasteiger partial charge on any atom is -0.00203 e. The van der Waals surface area contributed by atoms with Crippen molar-refractivity contribution >= 4 is 64.6 Å². The lowest BCUT2D eigenvalue weighted by molar-refractivity contribution is 1.58. The van der Waals surface area contributed by atoms with Crippen molar-refractivity contribution in [3.05, 3.63) is 231 Å². The molecule has 13 rings (SSSR count). The highest BCUT2D eigenvalue weighted by atomic mass is 14.2. The van der Waals surface area contributed by atoms with E-state index >= 15 is 0 Å². The molecule has 0 aliphatic carbocycles. The molecule has 13 aromatic rings. The zero-order chi connectivity index (χ0) is 40.7. The Hall–Kier alpha value is -8.06. The summed E-state index contributed by atoms with van der Waals surface area (Å²) in [6.07, 6.45) is 0. The van der Waals surface area contributed by atoms with Gasteiger partial charge in [0.2, 0.25) is 0 Å². The molecule has 0 radical (unpaired) electrons. The van der Waals surface area contributed by atoms with E-state index in [2.05, 4.69) is 231 Å². The fourth-order valence-corrected chi connectivity index (χ4v) is 10.3. The molecule has 0 bridgehead atoms. The number of benzene rings is 13. The molecule has 0 spiro atoms. The van der Waals surface area contributed by atoms with Crippen molar-refractivity contribution in [2.45, 2.75) is 0 Å². The highest BCUT2D eigenvalue weighted by Gasteiger charge is 2.16. The summed E-state index contributed by atoms with van der Waals surface area (Å²) in [5, 5.41) is 15.7. The van der Waals surface area contributed by atoms with Crippen LogP contribution in [0.5, 0.6) is 0 Å². The Morgan fingerprint density at radius 3 is 0.887 bits per heavy atom.